The van der Waals surface area contributed by atoms with E-state index in [2.05, 4.69) is 17.2 Å². The van der Waals surface area contributed by atoms with Crippen LogP contribution in [0, 0.1) is 0 Å². The van der Waals surface area contributed by atoms with Crippen molar-refractivity contribution in [1.29, 1.82) is 0 Å². The molecule has 0 aliphatic carbocycles. The smallest absolute Gasteiger partial charge is 0.0907 e. The van der Waals surface area contributed by atoms with Gasteiger partial charge in [-0.2, -0.15) is 0 Å². The quantitative estimate of drug-likeness (QED) is 0.512. The van der Waals surface area contributed by atoms with Gasteiger partial charge in [-0.25, -0.2) is 0 Å². The minimum atomic E-state index is 0. The maximum atomic E-state index is 3.57. The fourth-order valence-electron chi connectivity index (χ4n) is 0.125. The molecule has 2 nitrogen and oxygen atoms in total. The summed E-state index contributed by atoms with van der Waals surface area (Å²) < 4.78 is 0. The lowest BCUT2D eigenvalue weighted by atomic mass is 10.8. The monoisotopic (exact) mass is 90.1 g/mol. The second kappa shape index (κ2) is 2.57. The summed E-state index contributed by atoms with van der Waals surface area (Å²) in [5.74, 6) is 0.843. The molecule has 0 radical (unpaired) electrons. The van der Waals surface area contributed by atoms with Gasteiger partial charge in [0.25, 0.3) is 0 Å². The zero-order valence-electron chi connectivity index (χ0n) is 4.21. The van der Waals surface area contributed by atoms with E-state index in [0.29, 0.717) is 0 Å². The highest BCUT2D eigenvalue weighted by Crippen LogP contribution is 1.62. The van der Waals surface area contributed by atoms with Crippen molar-refractivity contribution < 1.29 is 2.85 Å². The minimum Gasteiger partial charge on any atom is -0.375 e. The predicted octanol–water partition coefficient (Wildman–Crippen LogP) is 0.388. The van der Waals surface area contributed by atoms with Crippen molar-refractivity contribution in [3.8, 4) is 0 Å². The van der Waals surface area contributed by atoms with E-state index in [4.69, 9.17) is 0 Å². The van der Waals surface area contributed by atoms with Gasteiger partial charge in [-0.05, 0) is 0 Å². The van der Waals surface area contributed by atoms with Crippen molar-refractivity contribution in [3.63, 3.8) is 0 Å². The van der Waals surface area contributed by atoms with E-state index in [0.717, 1.165) is 5.82 Å². The largest absolute Gasteiger partial charge is 0.375 e. The van der Waals surface area contributed by atoms with E-state index in [-0.39, 0.29) is 2.85 Å². The Morgan fingerprint density at radius 3 is 1.83 bits per heavy atom. The van der Waals surface area contributed by atoms with Gasteiger partial charge >= 0.3 is 0 Å². The Bertz CT molecular complexity index is 50.0. The summed E-state index contributed by atoms with van der Waals surface area (Å²) in [7, 11) is 3.64. The van der Waals surface area contributed by atoms with Gasteiger partial charge in [0, 0.05) is 16.9 Å². The average molecular weight is 90.2 g/mol. The maximum absolute atomic E-state index is 3.57. The lowest BCUT2D eigenvalue weighted by Gasteiger charge is -1.98. The standard InChI is InChI=1S/C4H10N2.2H2/c1-4(5-2)6-3;;/h5-6H,1H2,2-3H3;2*1H. The lowest BCUT2D eigenvalue weighted by molar-refractivity contribution is 0.844. The Labute approximate surface area is 41.2 Å². The first kappa shape index (κ1) is 5.34. The molecular weight excluding hydrogens is 76.1 g/mol. The third-order valence-corrected chi connectivity index (χ3v) is 0.604. The maximum Gasteiger partial charge on any atom is 0.0907 e. The molecule has 0 fully saturated rings. The van der Waals surface area contributed by atoms with Crippen LogP contribution >= 0.6 is 0 Å². The average Bonchev–Trinajstić information content (AvgIpc) is 1.65. The first-order chi connectivity index (χ1) is 2.81. The fraction of sp³-hybridized carbons (Fsp3) is 0.500. The molecule has 0 aromatic rings. The second-order valence-corrected chi connectivity index (χ2v) is 0.979. The molecule has 0 unspecified atom stereocenters. The van der Waals surface area contributed by atoms with Crippen LogP contribution in [0.3, 0.4) is 0 Å². The summed E-state index contributed by atoms with van der Waals surface area (Å²) >= 11 is 0. The van der Waals surface area contributed by atoms with Gasteiger partial charge in [0.2, 0.25) is 0 Å². The van der Waals surface area contributed by atoms with E-state index >= 15 is 0 Å². The van der Waals surface area contributed by atoms with Crippen molar-refractivity contribution in [1.82, 2.24) is 10.6 Å². The molecule has 0 saturated heterocycles. The van der Waals surface area contributed by atoms with Gasteiger partial charge in [-0.1, -0.05) is 6.58 Å². The molecule has 0 aliphatic heterocycles. The second-order valence-electron chi connectivity index (χ2n) is 0.979. The number of hydrogen-bond donors (Lipinski definition) is 2. The summed E-state index contributed by atoms with van der Waals surface area (Å²) in [4.78, 5) is 0. The molecule has 6 heavy (non-hydrogen) atoms. The molecule has 2 heteroatoms. The van der Waals surface area contributed by atoms with E-state index in [1.165, 1.54) is 0 Å². The molecule has 40 valence electrons. The highest BCUT2D eigenvalue weighted by molar-refractivity contribution is 4.82. The van der Waals surface area contributed by atoms with E-state index in [1.54, 1.807) is 0 Å². The van der Waals surface area contributed by atoms with Crippen LogP contribution in [0.15, 0.2) is 12.4 Å². The van der Waals surface area contributed by atoms with Crippen molar-refractivity contribution in [2.45, 2.75) is 0 Å². The van der Waals surface area contributed by atoms with E-state index < -0.39 is 0 Å². The van der Waals surface area contributed by atoms with Crippen molar-refractivity contribution in [3.05, 3.63) is 12.4 Å². The van der Waals surface area contributed by atoms with Gasteiger partial charge in [0.1, 0.15) is 0 Å². The molecule has 0 rings (SSSR count). The molecule has 0 amide bonds. The van der Waals surface area contributed by atoms with Crippen molar-refractivity contribution in [2.75, 3.05) is 14.1 Å². The molecule has 0 aromatic carbocycles. The number of nitrogens with one attached hydrogen (secondary N) is 2. The van der Waals surface area contributed by atoms with Gasteiger partial charge in [-0.3, -0.25) is 0 Å². The van der Waals surface area contributed by atoms with Crippen LogP contribution in [-0.2, 0) is 0 Å². The Hall–Kier alpha value is -0.660. The molecule has 0 atom stereocenters. The van der Waals surface area contributed by atoms with Gasteiger partial charge in [0.05, 0.1) is 5.82 Å². The molecule has 0 saturated carbocycles. The molecule has 0 spiro atoms. The molecule has 0 aromatic heterocycles. The Balaban J connectivity index is -0.000000125. The SMILES string of the molecule is C=C(NC)NC.[HH].[HH]. The lowest BCUT2D eigenvalue weighted by Crippen LogP contribution is -2.17. The van der Waals surface area contributed by atoms with Crippen molar-refractivity contribution >= 4 is 0 Å². The first-order valence-electron chi connectivity index (χ1n) is 1.85. The van der Waals surface area contributed by atoms with E-state index in [1.807, 2.05) is 14.1 Å². The normalized spacial score (nSPS) is 7.00. The van der Waals surface area contributed by atoms with Crippen LogP contribution in [0.1, 0.15) is 2.85 Å². The molecule has 2 N–H and O–H groups in total. The van der Waals surface area contributed by atoms with Crippen LogP contribution in [0.2, 0.25) is 0 Å². The van der Waals surface area contributed by atoms with E-state index in [9.17, 15) is 0 Å². The van der Waals surface area contributed by atoms with Crippen LogP contribution in [-0.4, -0.2) is 14.1 Å². The summed E-state index contributed by atoms with van der Waals surface area (Å²) in [6.07, 6.45) is 0. The molecular formula is C4H14N2. The first-order valence-corrected chi connectivity index (χ1v) is 1.85. The zero-order chi connectivity index (χ0) is 4.99. The molecule has 0 heterocycles. The summed E-state index contributed by atoms with van der Waals surface area (Å²) in [5.41, 5.74) is 0. The zero-order valence-corrected chi connectivity index (χ0v) is 4.21. The van der Waals surface area contributed by atoms with Crippen LogP contribution < -0.4 is 10.6 Å². The summed E-state index contributed by atoms with van der Waals surface area (Å²) in [6.45, 7) is 3.57. The Kier molecular flexibility index (Phi) is 2.29. The van der Waals surface area contributed by atoms with Crippen LogP contribution in [0.25, 0.3) is 0 Å². The van der Waals surface area contributed by atoms with Crippen LogP contribution in [0.5, 0.6) is 0 Å². The predicted molar refractivity (Wildman–Crippen MR) is 31.5 cm³/mol. The Morgan fingerprint density at radius 1 is 1.50 bits per heavy atom. The third kappa shape index (κ3) is 1.64. The fourth-order valence-corrected chi connectivity index (χ4v) is 0.125. The third-order valence-electron chi connectivity index (χ3n) is 0.604. The minimum absolute atomic E-state index is 0. The number of hydrogen-bond acceptors (Lipinski definition) is 2. The summed E-state index contributed by atoms with van der Waals surface area (Å²) in [5, 5.41) is 5.62. The Morgan fingerprint density at radius 2 is 1.83 bits per heavy atom. The molecule has 0 aliphatic rings. The number of rotatable bonds is 2. The summed E-state index contributed by atoms with van der Waals surface area (Å²) in [6, 6.07) is 0. The molecule has 0 bridgehead atoms. The highest BCUT2D eigenvalue weighted by Gasteiger charge is 1.71. The van der Waals surface area contributed by atoms with Gasteiger partial charge < -0.3 is 10.6 Å². The van der Waals surface area contributed by atoms with Crippen molar-refractivity contribution in [2.24, 2.45) is 0 Å². The van der Waals surface area contributed by atoms with Gasteiger partial charge in [-0.15, -0.1) is 0 Å². The highest BCUT2D eigenvalue weighted by atomic mass is 15.0. The van der Waals surface area contributed by atoms with Gasteiger partial charge in [0.15, 0.2) is 0 Å². The topological polar surface area (TPSA) is 24.1 Å². The van der Waals surface area contributed by atoms with Crippen LogP contribution in [0.4, 0.5) is 0 Å².